The molecule has 6 nitrogen and oxygen atoms in total. The summed E-state index contributed by atoms with van der Waals surface area (Å²) in [6, 6.07) is 7.17. The maximum Gasteiger partial charge on any atom is 0.331 e. The summed E-state index contributed by atoms with van der Waals surface area (Å²) in [5.41, 5.74) is 0.856. The normalized spacial score (nSPS) is 26.4. The summed E-state index contributed by atoms with van der Waals surface area (Å²) < 4.78 is 0. The summed E-state index contributed by atoms with van der Waals surface area (Å²) in [4.78, 5) is 36.8. The molecule has 3 rings (SSSR count). The second-order valence-corrected chi connectivity index (χ2v) is 5.96. The number of fused-ring (bicyclic) bond motifs is 1. The maximum absolute atomic E-state index is 12.1. The van der Waals surface area contributed by atoms with Crippen molar-refractivity contribution in [1.82, 2.24) is 10.2 Å². The zero-order valence-electron chi connectivity index (χ0n) is 11.6. The van der Waals surface area contributed by atoms with E-state index in [1.54, 1.807) is 0 Å². The first-order valence-electron chi connectivity index (χ1n) is 6.90. The SMILES string of the molecule is O=C(Cc1ccccc1)NC1C(=O)N2C(C(=O)O)C(=S)CC12. The van der Waals surface area contributed by atoms with E-state index in [4.69, 9.17) is 17.3 Å². The van der Waals surface area contributed by atoms with Gasteiger partial charge in [-0.1, -0.05) is 42.5 Å². The second-order valence-electron chi connectivity index (χ2n) is 5.43. The van der Waals surface area contributed by atoms with Crippen molar-refractivity contribution in [3.63, 3.8) is 0 Å². The van der Waals surface area contributed by atoms with E-state index in [1.807, 2.05) is 30.3 Å². The second kappa shape index (κ2) is 5.49. The minimum Gasteiger partial charge on any atom is -0.479 e. The molecule has 3 unspecified atom stereocenters. The van der Waals surface area contributed by atoms with E-state index in [9.17, 15) is 14.4 Å². The Morgan fingerprint density at radius 1 is 1.32 bits per heavy atom. The first-order valence-corrected chi connectivity index (χ1v) is 7.31. The standard InChI is InChI=1S/C15H14N2O4S/c18-11(6-8-4-2-1-3-5-8)16-12-9-7-10(22)13(15(20)21)17(9)14(12)19/h1-5,9,12-13H,6-7H2,(H,16,18)(H,20,21). The average molecular weight is 318 g/mol. The Morgan fingerprint density at radius 3 is 2.64 bits per heavy atom. The molecule has 0 saturated carbocycles. The van der Waals surface area contributed by atoms with E-state index in [-0.39, 0.29) is 24.3 Å². The van der Waals surface area contributed by atoms with Crippen LogP contribution in [0.4, 0.5) is 0 Å². The topological polar surface area (TPSA) is 86.7 Å². The fourth-order valence-electron chi connectivity index (χ4n) is 3.00. The van der Waals surface area contributed by atoms with Gasteiger partial charge in [0, 0.05) is 11.3 Å². The van der Waals surface area contributed by atoms with Crippen molar-refractivity contribution in [2.75, 3.05) is 0 Å². The van der Waals surface area contributed by atoms with E-state index in [0.717, 1.165) is 5.56 Å². The van der Waals surface area contributed by atoms with Gasteiger partial charge in [0.2, 0.25) is 11.8 Å². The molecule has 114 valence electrons. The molecule has 22 heavy (non-hydrogen) atoms. The number of carboxylic acids is 1. The first kappa shape index (κ1) is 14.6. The molecular weight excluding hydrogens is 304 g/mol. The lowest BCUT2D eigenvalue weighted by atomic mass is 9.95. The first-order chi connectivity index (χ1) is 10.5. The van der Waals surface area contributed by atoms with Crippen LogP contribution in [0, 0.1) is 0 Å². The van der Waals surface area contributed by atoms with E-state index in [0.29, 0.717) is 11.3 Å². The van der Waals surface area contributed by atoms with E-state index in [2.05, 4.69) is 5.32 Å². The average Bonchev–Trinajstić information content (AvgIpc) is 2.80. The monoisotopic (exact) mass is 318 g/mol. The summed E-state index contributed by atoms with van der Waals surface area (Å²) in [6.45, 7) is 0. The van der Waals surface area contributed by atoms with Crippen LogP contribution in [0.2, 0.25) is 0 Å². The molecule has 2 N–H and O–H groups in total. The van der Waals surface area contributed by atoms with Crippen molar-refractivity contribution < 1.29 is 19.5 Å². The number of benzene rings is 1. The van der Waals surface area contributed by atoms with Crippen LogP contribution in [0.5, 0.6) is 0 Å². The minimum atomic E-state index is -1.12. The Balaban J connectivity index is 1.64. The number of β-lactam (4-membered cyclic amide) rings is 1. The highest BCUT2D eigenvalue weighted by molar-refractivity contribution is 7.80. The Bertz CT molecular complexity index is 661. The summed E-state index contributed by atoms with van der Waals surface area (Å²) in [6.07, 6.45) is 0.526. The van der Waals surface area contributed by atoms with Crippen LogP contribution in [-0.2, 0) is 20.8 Å². The maximum atomic E-state index is 12.1. The fourth-order valence-corrected chi connectivity index (χ4v) is 3.38. The molecule has 3 atom stereocenters. The lowest BCUT2D eigenvalue weighted by Gasteiger charge is -2.44. The van der Waals surface area contributed by atoms with Crippen LogP contribution in [0.1, 0.15) is 12.0 Å². The van der Waals surface area contributed by atoms with Gasteiger partial charge >= 0.3 is 5.97 Å². The molecular formula is C15H14N2O4S. The molecule has 0 radical (unpaired) electrons. The van der Waals surface area contributed by atoms with Crippen LogP contribution in [0.25, 0.3) is 0 Å². The van der Waals surface area contributed by atoms with Crippen molar-refractivity contribution in [1.29, 1.82) is 0 Å². The molecule has 0 spiro atoms. The van der Waals surface area contributed by atoms with Crippen LogP contribution >= 0.6 is 12.2 Å². The summed E-state index contributed by atoms with van der Waals surface area (Å²) in [5, 5.41) is 11.8. The third-order valence-electron chi connectivity index (χ3n) is 4.01. The molecule has 2 fully saturated rings. The summed E-state index contributed by atoms with van der Waals surface area (Å²) >= 11 is 5.05. The molecule has 0 aliphatic carbocycles. The zero-order valence-corrected chi connectivity index (χ0v) is 12.4. The number of hydrogen-bond acceptors (Lipinski definition) is 4. The van der Waals surface area contributed by atoms with E-state index in [1.165, 1.54) is 4.90 Å². The highest BCUT2D eigenvalue weighted by Gasteiger charge is 2.58. The molecule has 2 aliphatic heterocycles. The predicted octanol–water partition coefficient (Wildman–Crippen LogP) is 0.151. The van der Waals surface area contributed by atoms with Crippen molar-refractivity contribution in [3.8, 4) is 0 Å². The quantitative estimate of drug-likeness (QED) is 0.610. The van der Waals surface area contributed by atoms with Gasteiger partial charge in [-0.05, 0) is 5.56 Å². The largest absolute Gasteiger partial charge is 0.479 e. The Hall–Kier alpha value is -2.28. The van der Waals surface area contributed by atoms with Gasteiger partial charge in [-0.3, -0.25) is 9.59 Å². The third-order valence-corrected chi connectivity index (χ3v) is 4.40. The Labute approximate surface area is 132 Å². The van der Waals surface area contributed by atoms with Gasteiger partial charge in [-0.25, -0.2) is 4.79 Å². The number of aliphatic carboxylic acids is 1. The number of thiocarbonyl (C=S) groups is 1. The van der Waals surface area contributed by atoms with Gasteiger partial charge in [0.25, 0.3) is 0 Å². The lowest BCUT2D eigenvalue weighted by molar-refractivity contribution is -0.160. The van der Waals surface area contributed by atoms with E-state index < -0.39 is 18.1 Å². The number of amides is 2. The van der Waals surface area contributed by atoms with Gasteiger partial charge in [-0.15, -0.1) is 0 Å². The van der Waals surface area contributed by atoms with Gasteiger partial charge in [0.15, 0.2) is 6.04 Å². The number of carboxylic acid groups (broad SMARTS) is 1. The molecule has 2 amide bonds. The van der Waals surface area contributed by atoms with Gasteiger partial charge in [0.05, 0.1) is 12.5 Å². The summed E-state index contributed by atoms with van der Waals surface area (Å²) in [5.74, 6) is -1.75. The smallest absolute Gasteiger partial charge is 0.331 e. The third kappa shape index (κ3) is 2.37. The van der Waals surface area contributed by atoms with E-state index >= 15 is 0 Å². The molecule has 1 aromatic rings. The van der Waals surface area contributed by atoms with Crippen LogP contribution < -0.4 is 5.32 Å². The Kier molecular flexibility index (Phi) is 3.66. The molecule has 2 saturated heterocycles. The van der Waals surface area contributed by atoms with Gasteiger partial charge < -0.3 is 15.3 Å². The molecule has 7 heteroatoms. The number of rotatable bonds is 4. The number of carbonyl (C=O) groups excluding carboxylic acids is 2. The zero-order chi connectivity index (χ0) is 15.9. The molecule has 0 bridgehead atoms. The van der Waals surface area contributed by atoms with Crippen molar-refractivity contribution in [2.45, 2.75) is 31.0 Å². The highest BCUT2D eigenvalue weighted by Crippen LogP contribution is 2.34. The van der Waals surface area contributed by atoms with Gasteiger partial charge in [-0.2, -0.15) is 0 Å². The van der Waals surface area contributed by atoms with Crippen LogP contribution in [0.3, 0.4) is 0 Å². The number of nitrogens with zero attached hydrogens (tertiary/aromatic N) is 1. The van der Waals surface area contributed by atoms with Crippen LogP contribution in [-0.4, -0.2) is 50.8 Å². The summed E-state index contributed by atoms with van der Waals surface area (Å²) in [7, 11) is 0. The van der Waals surface area contributed by atoms with Crippen molar-refractivity contribution in [3.05, 3.63) is 35.9 Å². The highest BCUT2D eigenvalue weighted by atomic mass is 32.1. The minimum absolute atomic E-state index is 0.185. The Morgan fingerprint density at radius 2 is 2.00 bits per heavy atom. The fraction of sp³-hybridized carbons (Fsp3) is 0.333. The number of hydrogen-bond donors (Lipinski definition) is 2. The molecule has 1 aromatic carbocycles. The van der Waals surface area contributed by atoms with Gasteiger partial charge in [0.1, 0.15) is 6.04 Å². The number of nitrogens with one attached hydrogen (secondary N) is 1. The molecule has 2 heterocycles. The lowest BCUT2D eigenvalue weighted by Crippen LogP contribution is -2.70. The molecule has 0 aromatic heterocycles. The van der Waals surface area contributed by atoms with Crippen LogP contribution in [0.15, 0.2) is 30.3 Å². The number of carbonyl (C=O) groups is 3. The predicted molar refractivity (Wildman–Crippen MR) is 81.3 cm³/mol. The molecule has 2 aliphatic rings. The van der Waals surface area contributed by atoms with Crippen molar-refractivity contribution >= 4 is 34.9 Å². The van der Waals surface area contributed by atoms with Crippen molar-refractivity contribution in [2.24, 2.45) is 0 Å².